The monoisotopic (exact) mass is 352 g/mol. The fourth-order valence-corrected chi connectivity index (χ4v) is 3.36. The molecule has 0 aliphatic rings. The van der Waals surface area contributed by atoms with E-state index >= 15 is 0 Å². The average molecular weight is 353 g/mol. The SMILES string of the molecule is CC=C(N)NCCCCCCCCCCCCCCCCCCCC. The Balaban J connectivity index is 3.00. The summed E-state index contributed by atoms with van der Waals surface area (Å²) in [5, 5.41) is 3.23. The maximum Gasteiger partial charge on any atom is 0.0916 e. The molecule has 0 amide bonds. The Morgan fingerprint density at radius 2 is 0.920 bits per heavy atom. The number of hydrogen-bond acceptors (Lipinski definition) is 2. The van der Waals surface area contributed by atoms with Crippen molar-refractivity contribution in [2.45, 2.75) is 129 Å². The number of allylic oxidation sites excluding steroid dienone is 1. The highest BCUT2D eigenvalue weighted by atomic mass is 15.0. The van der Waals surface area contributed by atoms with Crippen molar-refractivity contribution < 1.29 is 0 Å². The predicted octanol–water partition coefficient (Wildman–Crippen LogP) is 7.44. The second-order valence-electron chi connectivity index (χ2n) is 7.68. The molecule has 0 aliphatic carbocycles. The highest BCUT2D eigenvalue weighted by molar-refractivity contribution is 4.90. The molecule has 0 bridgehead atoms. The molecule has 0 unspecified atom stereocenters. The van der Waals surface area contributed by atoms with Crippen LogP contribution in [0.2, 0.25) is 0 Å². The van der Waals surface area contributed by atoms with Gasteiger partial charge in [0.1, 0.15) is 0 Å². The van der Waals surface area contributed by atoms with Crippen molar-refractivity contribution in [2.75, 3.05) is 6.54 Å². The first kappa shape index (κ1) is 24.3. The Hall–Kier alpha value is -0.660. The summed E-state index contributed by atoms with van der Waals surface area (Å²) in [4.78, 5) is 0. The lowest BCUT2D eigenvalue weighted by Crippen LogP contribution is -2.20. The quantitative estimate of drug-likeness (QED) is 0.223. The van der Waals surface area contributed by atoms with E-state index in [2.05, 4.69) is 12.2 Å². The molecule has 0 aliphatic heterocycles. The molecule has 0 aromatic carbocycles. The fourth-order valence-electron chi connectivity index (χ4n) is 3.36. The minimum Gasteiger partial charge on any atom is -0.386 e. The standard InChI is InChI=1S/C23H48N2/c1-3-5-6-7-8-9-10-11-12-13-14-15-16-17-18-19-20-21-22-25-23(24)4-2/h4,25H,3,5-22,24H2,1-2H3. The maximum absolute atomic E-state index is 5.70. The number of rotatable bonds is 20. The fraction of sp³-hybridized carbons (Fsp3) is 0.913. The smallest absolute Gasteiger partial charge is 0.0916 e. The van der Waals surface area contributed by atoms with Gasteiger partial charge >= 0.3 is 0 Å². The van der Waals surface area contributed by atoms with Crippen molar-refractivity contribution in [3.63, 3.8) is 0 Å². The summed E-state index contributed by atoms with van der Waals surface area (Å²) in [5.74, 6) is 0.812. The summed E-state index contributed by atoms with van der Waals surface area (Å²) in [6.07, 6.45) is 27.6. The molecule has 0 spiro atoms. The van der Waals surface area contributed by atoms with Gasteiger partial charge in [-0.05, 0) is 19.4 Å². The number of nitrogens with one attached hydrogen (secondary N) is 1. The summed E-state index contributed by atoms with van der Waals surface area (Å²) >= 11 is 0. The lowest BCUT2D eigenvalue weighted by atomic mass is 10.0. The third-order valence-corrected chi connectivity index (χ3v) is 5.17. The molecular weight excluding hydrogens is 304 g/mol. The normalized spacial score (nSPS) is 11.8. The van der Waals surface area contributed by atoms with Gasteiger partial charge in [-0.25, -0.2) is 0 Å². The van der Waals surface area contributed by atoms with Crippen molar-refractivity contribution >= 4 is 0 Å². The Bertz CT molecular complexity index is 273. The van der Waals surface area contributed by atoms with E-state index < -0.39 is 0 Å². The third kappa shape index (κ3) is 21.3. The van der Waals surface area contributed by atoms with Crippen LogP contribution in [0, 0.1) is 0 Å². The second-order valence-corrected chi connectivity index (χ2v) is 7.68. The topological polar surface area (TPSA) is 38.0 Å². The van der Waals surface area contributed by atoms with E-state index in [0.717, 1.165) is 12.4 Å². The van der Waals surface area contributed by atoms with Crippen molar-refractivity contribution in [2.24, 2.45) is 5.73 Å². The molecule has 3 N–H and O–H groups in total. The van der Waals surface area contributed by atoms with Crippen LogP contribution >= 0.6 is 0 Å². The molecule has 0 rings (SSSR count). The van der Waals surface area contributed by atoms with Gasteiger partial charge in [0.15, 0.2) is 0 Å². The van der Waals surface area contributed by atoms with Crippen molar-refractivity contribution in [3.05, 3.63) is 11.9 Å². The van der Waals surface area contributed by atoms with Gasteiger partial charge in [-0.3, -0.25) is 0 Å². The van der Waals surface area contributed by atoms with Crippen LogP contribution in [0.25, 0.3) is 0 Å². The summed E-state index contributed by atoms with van der Waals surface area (Å²) in [5.41, 5.74) is 5.70. The van der Waals surface area contributed by atoms with Gasteiger partial charge in [0.25, 0.3) is 0 Å². The zero-order valence-electron chi connectivity index (χ0n) is 17.6. The maximum atomic E-state index is 5.70. The van der Waals surface area contributed by atoms with Gasteiger partial charge in [-0.2, -0.15) is 0 Å². The minimum absolute atomic E-state index is 0.812. The van der Waals surface area contributed by atoms with Gasteiger partial charge in [0.2, 0.25) is 0 Å². The lowest BCUT2D eigenvalue weighted by Gasteiger charge is -2.06. The molecule has 0 fully saturated rings. The lowest BCUT2D eigenvalue weighted by molar-refractivity contribution is 0.524. The van der Waals surface area contributed by atoms with Crippen LogP contribution in [0.4, 0.5) is 0 Å². The van der Waals surface area contributed by atoms with Gasteiger partial charge in [-0.15, -0.1) is 0 Å². The summed E-state index contributed by atoms with van der Waals surface area (Å²) in [7, 11) is 0. The predicted molar refractivity (Wildman–Crippen MR) is 115 cm³/mol. The molecular formula is C23H48N2. The van der Waals surface area contributed by atoms with Crippen LogP contribution in [0.1, 0.15) is 129 Å². The van der Waals surface area contributed by atoms with E-state index in [4.69, 9.17) is 5.73 Å². The van der Waals surface area contributed by atoms with E-state index in [-0.39, 0.29) is 0 Å². The zero-order valence-corrected chi connectivity index (χ0v) is 17.6. The van der Waals surface area contributed by atoms with Gasteiger partial charge in [0, 0.05) is 6.54 Å². The van der Waals surface area contributed by atoms with Crippen molar-refractivity contribution in [3.8, 4) is 0 Å². The average Bonchev–Trinajstić information content (AvgIpc) is 2.63. The Morgan fingerprint density at radius 3 is 1.24 bits per heavy atom. The van der Waals surface area contributed by atoms with Crippen molar-refractivity contribution in [1.29, 1.82) is 0 Å². The number of unbranched alkanes of at least 4 members (excludes halogenated alkanes) is 17. The molecule has 2 nitrogen and oxygen atoms in total. The Kier molecular flexibility index (Phi) is 20.8. The van der Waals surface area contributed by atoms with Gasteiger partial charge < -0.3 is 11.1 Å². The molecule has 0 saturated heterocycles. The van der Waals surface area contributed by atoms with Crippen LogP contribution in [0.15, 0.2) is 11.9 Å². The highest BCUT2D eigenvalue weighted by Gasteiger charge is 1.95. The van der Waals surface area contributed by atoms with Crippen LogP contribution < -0.4 is 11.1 Å². The summed E-state index contributed by atoms with van der Waals surface area (Å²) in [6.45, 7) is 5.29. The molecule has 2 heteroatoms. The molecule has 0 radical (unpaired) electrons. The number of hydrogen-bond donors (Lipinski definition) is 2. The van der Waals surface area contributed by atoms with E-state index in [1.54, 1.807) is 0 Å². The zero-order chi connectivity index (χ0) is 18.4. The molecule has 0 aromatic rings. The Morgan fingerprint density at radius 1 is 0.600 bits per heavy atom. The molecule has 25 heavy (non-hydrogen) atoms. The molecule has 0 atom stereocenters. The van der Waals surface area contributed by atoms with Crippen molar-refractivity contribution in [1.82, 2.24) is 5.32 Å². The van der Waals surface area contributed by atoms with Gasteiger partial charge in [-0.1, -0.05) is 116 Å². The summed E-state index contributed by atoms with van der Waals surface area (Å²) < 4.78 is 0. The largest absolute Gasteiger partial charge is 0.386 e. The molecule has 0 heterocycles. The van der Waals surface area contributed by atoms with Crippen LogP contribution in [0.5, 0.6) is 0 Å². The van der Waals surface area contributed by atoms with Gasteiger partial charge in [0.05, 0.1) is 5.82 Å². The molecule has 0 saturated carbocycles. The first-order chi connectivity index (χ1) is 12.3. The highest BCUT2D eigenvalue weighted by Crippen LogP contribution is 2.14. The van der Waals surface area contributed by atoms with Crippen LogP contribution in [-0.2, 0) is 0 Å². The Labute approximate surface area is 159 Å². The third-order valence-electron chi connectivity index (χ3n) is 5.17. The first-order valence-corrected chi connectivity index (χ1v) is 11.5. The van der Waals surface area contributed by atoms with E-state index in [9.17, 15) is 0 Å². The van der Waals surface area contributed by atoms with Crippen LogP contribution in [-0.4, -0.2) is 6.54 Å². The van der Waals surface area contributed by atoms with E-state index in [0.29, 0.717) is 0 Å². The molecule has 0 aromatic heterocycles. The van der Waals surface area contributed by atoms with E-state index in [1.807, 2.05) is 13.0 Å². The second kappa shape index (κ2) is 21.4. The van der Waals surface area contributed by atoms with Crippen LogP contribution in [0.3, 0.4) is 0 Å². The molecule has 150 valence electrons. The first-order valence-electron chi connectivity index (χ1n) is 11.5. The minimum atomic E-state index is 0.812. The van der Waals surface area contributed by atoms with E-state index in [1.165, 1.54) is 116 Å². The number of nitrogens with two attached hydrogens (primary N) is 1. The summed E-state index contributed by atoms with van der Waals surface area (Å²) in [6, 6.07) is 0.